The van der Waals surface area contributed by atoms with Crippen molar-refractivity contribution in [3.8, 4) is 0 Å². The highest BCUT2D eigenvalue weighted by molar-refractivity contribution is 7.80. The molecule has 2 aromatic rings. The van der Waals surface area contributed by atoms with Crippen LogP contribution in [0.1, 0.15) is 29.5 Å². The topological polar surface area (TPSA) is 26.0 Å². The molecule has 0 aliphatic carbocycles. The molecule has 0 amide bonds. The normalized spacial score (nSPS) is 10.3. The number of hydrogen-bond acceptors (Lipinski definition) is 1. The van der Waals surface area contributed by atoms with Gasteiger partial charge in [-0.1, -0.05) is 66.8 Å². The smallest absolute Gasteiger partial charge is 0.103 e. The Balaban J connectivity index is 1.75. The summed E-state index contributed by atoms with van der Waals surface area (Å²) in [7, 11) is 0. The van der Waals surface area contributed by atoms with Crippen LogP contribution in [0.25, 0.3) is 0 Å². The molecule has 2 heteroatoms. The van der Waals surface area contributed by atoms with Crippen molar-refractivity contribution in [3.05, 3.63) is 71.3 Å². The van der Waals surface area contributed by atoms with E-state index in [0.717, 1.165) is 18.4 Å². The van der Waals surface area contributed by atoms with E-state index in [0.29, 0.717) is 4.99 Å². The quantitative estimate of drug-likeness (QED) is 0.636. The summed E-state index contributed by atoms with van der Waals surface area (Å²) in [5.41, 5.74) is 9.31. The van der Waals surface area contributed by atoms with E-state index in [1.165, 1.54) is 24.0 Å². The standard InChI is InChI=1S/C17H19NS/c18-17(19)16-12-10-15(11-13-16)9-5-4-8-14-6-2-1-3-7-14/h1-3,6-7,10-13H,4-5,8-9H2,(H2,18,19). The van der Waals surface area contributed by atoms with Crippen molar-refractivity contribution >= 4 is 17.2 Å². The Morgan fingerprint density at radius 3 is 1.84 bits per heavy atom. The molecule has 2 aromatic carbocycles. The first kappa shape index (κ1) is 13.8. The third kappa shape index (κ3) is 4.49. The summed E-state index contributed by atoms with van der Waals surface area (Å²) in [5, 5.41) is 0. The van der Waals surface area contributed by atoms with Gasteiger partial charge in [-0.2, -0.15) is 0 Å². The minimum absolute atomic E-state index is 0.468. The fourth-order valence-electron chi connectivity index (χ4n) is 2.14. The van der Waals surface area contributed by atoms with Gasteiger partial charge in [0.1, 0.15) is 4.99 Å². The maximum absolute atomic E-state index is 5.58. The maximum Gasteiger partial charge on any atom is 0.103 e. The highest BCUT2D eigenvalue weighted by Crippen LogP contribution is 2.10. The second-order valence-electron chi connectivity index (χ2n) is 4.75. The molecule has 1 nitrogen and oxygen atoms in total. The lowest BCUT2D eigenvalue weighted by molar-refractivity contribution is 0.734. The molecule has 0 heterocycles. The lowest BCUT2D eigenvalue weighted by Gasteiger charge is -2.04. The summed E-state index contributed by atoms with van der Waals surface area (Å²) in [6, 6.07) is 18.9. The van der Waals surface area contributed by atoms with E-state index in [4.69, 9.17) is 18.0 Å². The van der Waals surface area contributed by atoms with Crippen LogP contribution in [0.5, 0.6) is 0 Å². The summed E-state index contributed by atoms with van der Waals surface area (Å²) in [4.78, 5) is 0.468. The van der Waals surface area contributed by atoms with Crippen LogP contribution in [-0.4, -0.2) is 4.99 Å². The molecule has 2 rings (SSSR count). The third-order valence-electron chi connectivity index (χ3n) is 3.26. The van der Waals surface area contributed by atoms with E-state index in [1.54, 1.807) is 0 Å². The molecular weight excluding hydrogens is 250 g/mol. The van der Waals surface area contributed by atoms with E-state index in [2.05, 4.69) is 42.5 Å². The number of thiocarbonyl (C=S) groups is 1. The largest absolute Gasteiger partial charge is 0.389 e. The zero-order valence-corrected chi connectivity index (χ0v) is 11.8. The average molecular weight is 269 g/mol. The molecule has 0 spiro atoms. The zero-order chi connectivity index (χ0) is 13.5. The van der Waals surface area contributed by atoms with Crippen LogP contribution in [0, 0.1) is 0 Å². The highest BCUT2D eigenvalue weighted by Gasteiger charge is 1.98. The molecule has 0 aliphatic heterocycles. The molecule has 0 aromatic heterocycles. The van der Waals surface area contributed by atoms with Gasteiger partial charge in [0.15, 0.2) is 0 Å². The molecule has 0 unspecified atom stereocenters. The van der Waals surface area contributed by atoms with Crippen LogP contribution in [0.2, 0.25) is 0 Å². The molecule has 0 bridgehead atoms. The van der Waals surface area contributed by atoms with E-state index < -0.39 is 0 Å². The van der Waals surface area contributed by atoms with Gasteiger partial charge in [-0.25, -0.2) is 0 Å². The van der Waals surface area contributed by atoms with Crippen LogP contribution in [0.15, 0.2) is 54.6 Å². The molecule has 0 aliphatic rings. The second-order valence-corrected chi connectivity index (χ2v) is 5.19. The highest BCUT2D eigenvalue weighted by atomic mass is 32.1. The SMILES string of the molecule is NC(=S)c1ccc(CCCCc2ccccc2)cc1. The van der Waals surface area contributed by atoms with E-state index in [9.17, 15) is 0 Å². The number of benzene rings is 2. The molecule has 19 heavy (non-hydrogen) atoms. The Hall–Kier alpha value is -1.67. The van der Waals surface area contributed by atoms with Gasteiger partial charge < -0.3 is 5.73 Å². The molecular formula is C17H19NS. The second kappa shape index (κ2) is 7.05. The summed E-state index contributed by atoms with van der Waals surface area (Å²) in [6.45, 7) is 0. The molecule has 0 fully saturated rings. The monoisotopic (exact) mass is 269 g/mol. The Kier molecular flexibility index (Phi) is 5.10. The van der Waals surface area contributed by atoms with Crippen molar-refractivity contribution < 1.29 is 0 Å². The Morgan fingerprint density at radius 1 is 0.789 bits per heavy atom. The molecule has 2 N–H and O–H groups in total. The summed E-state index contributed by atoms with van der Waals surface area (Å²) in [5.74, 6) is 0. The minimum atomic E-state index is 0.468. The van der Waals surface area contributed by atoms with Crippen molar-refractivity contribution in [2.75, 3.05) is 0 Å². The summed E-state index contributed by atoms with van der Waals surface area (Å²) >= 11 is 4.94. The van der Waals surface area contributed by atoms with Crippen LogP contribution in [0.3, 0.4) is 0 Å². The van der Waals surface area contributed by atoms with Gasteiger partial charge in [-0.05, 0) is 36.8 Å². The van der Waals surface area contributed by atoms with Gasteiger partial charge >= 0.3 is 0 Å². The van der Waals surface area contributed by atoms with E-state index in [1.807, 2.05) is 12.1 Å². The van der Waals surface area contributed by atoms with Gasteiger partial charge in [0, 0.05) is 5.56 Å². The maximum atomic E-state index is 5.58. The van der Waals surface area contributed by atoms with Gasteiger partial charge in [0.05, 0.1) is 0 Å². The number of hydrogen-bond donors (Lipinski definition) is 1. The summed E-state index contributed by atoms with van der Waals surface area (Å²) in [6.07, 6.45) is 4.71. The minimum Gasteiger partial charge on any atom is -0.389 e. The first-order chi connectivity index (χ1) is 9.25. The van der Waals surface area contributed by atoms with Crippen molar-refractivity contribution in [3.63, 3.8) is 0 Å². The first-order valence-corrected chi connectivity index (χ1v) is 7.09. The average Bonchev–Trinajstić information content (AvgIpc) is 2.45. The first-order valence-electron chi connectivity index (χ1n) is 6.68. The number of unbranched alkanes of at least 4 members (excludes halogenated alkanes) is 1. The lowest BCUT2D eigenvalue weighted by atomic mass is 10.0. The predicted octanol–water partition coefficient (Wildman–Crippen LogP) is 3.89. The summed E-state index contributed by atoms with van der Waals surface area (Å²) < 4.78 is 0. The van der Waals surface area contributed by atoms with Crippen LogP contribution in [0.4, 0.5) is 0 Å². The number of rotatable bonds is 6. The third-order valence-corrected chi connectivity index (χ3v) is 3.50. The Labute approximate surface area is 120 Å². The predicted molar refractivity (Wildman–Crippen MR) is 85.4 cm³/mol. The lowest BCUT2D eigenvalue weighted by Crippen LogP contribution is -2.08. The number of nitrogens with two attached hydrogens (primary N) is 1. The fraction of sp³-hybridized carbons (Fsp3) is 0.235. The Morgan fingerprint density at radius 2 is 1.32 bits per heavy atom. The molecule has 0 saturated carbocycles. The molecule has 0 radical (unpaired) electrons. The number of aryl methyl sites for hydroxylation is 2. The molecule has 98 valence electrons. The van der Waals surface area contributed by atoms with Crippen molar-refractivity contribution in [2.45, 2.75) is 25.7 Å². The van der Waals surface area contributed by atoms with Crippen molar-refractivity contribution in [1.82, 2.24) is 0 Å². The van der Waals surface area contributed by atoms with Crippen LogP contribution in [-0.2, 0) is 12.8 Å². The van der Waals surface area contributed by atoms with Gasteiger partial charge in [0.25, 0.3) is 0 Å². The van der Waals surface area contributed by atoms with Gasteiger partial charge in [-0.15, -0.1) is 0 Å². The van der Waals surface area contributed by atoms with E-state index >= 15 is 0 Å². The van der Waals surface area contributed by atoms with Crippen LogP contribution < -0.4 is 5.73 Å². The van der Waals surface area contributed by atoms with Gasteiger partial charge in [-0.3, -0.25) is 0 Å². The van der Waals surface area contributed by atoms with Gasteiger partial charge in [0.2, 0.25) is 0 Å². The Bertz CT molecular complexity index is 517. The molecule has 0 saturated heterocycles. The zero-order valence-electron chi connectivity index (χ0n) is 11.0. The van der Waals surface area contributed by atoms with Crippen LogP contribution >= 0.6 is 12.2 Å². The van der Waals surface area contributed by atoms with E-state index in [-0.39, 0.29) is 0 Å². The van der Waals surface area contributed by atoms with Crippen molar-refractivity contribution in [1.29, 1.82) is 0 Å². The fourth-order valence-corrected chi connectivity index (χ4v) is 2.27. The van der Waals surface area contributed by atoms with Crippen molar-refractivity contribution in [2.24, 2.45) is 5.73 Å². The molecule has 0 atom stereocenters.